The fourth-order valence-electron chi connectivity index (χ4n) is 2.68. The zero-order chi connectivity index (χ0) is 21.4. The van der Waals surface area contributed by atoms with Crippen LogP contribution in [0.3, 0.4) is 0 Å². The van der Waals surface area contributed by atoms with Gasteiger partial charge in [0, 0.05) is 17.2 Å². The lowest BCUT2D eigenvalue weighted by molar-refractivity contribution is -0.116. The third-order valence-corrected chi connectivity index (χ3v) is 5.69. The van der Waals surface area contributed by atoms with Crippen LogP contribution in [0.5, 0.6) is 0 Å². The second-order valence-electron chi connectivity index (χ2n) is 6.28. The number of carbonyl (C=O) groups excluding carboxylic acids is 1. The molecule has 0 bridgehead atoms. The van der Waals surface area contributed by atoms with Gasteiger partial charge in [-0.1, -0.05) is 72.8 Å². The third kappa shape index (κ3) is 5.50. The van der Waals surface area contributed by atoms with Gasteiger partial charge in [0.15, 0.2) is 0 Å². The predicted octanol–water partition coefficient (Wildman–Crippen LogP) is 3.18. The van der Waals surface area contributed by atoms with Gasteiger partial charge in [0.25, 0.3) is 5.91 Å². The summed E-state index contributed by atoms with van der Waals surface area (Å²) in [5.41, 5.74) is 5.66. The van der Waals surface area contributed by atoms with Crippen molar-refractivity contribution in [3.8, 4) is 0 Å². The van der Waals surface area contributed by atoms with E-state index in [4.69, 9.17) is 0 Å². The molecule has 3 aromatic rings. The Kier molecular flexibility index (Phi) is 6.90. The molecule has 3 aromatic carbocycles. The molecule has 7 heteroatoms. The summed E-state index contributed by atoms with van der Waals surface area (Å²) in [6.45, 7) is 0. The number of amides is 1. The van der Waals surface area contributed by atoms with Crippen molar-refractivity contribution < 1.29 is 13.2 Å². The van der Waals surface area contributed by atoms with Crippen LogP contribution in [0.25, 0.3) is 6.08 Å². The van der Waals surface area contributed by atoms with E-state index in [-0.39, 0.29) is 4.90 Å². The van der Waals surface area contributed by atoms with Crippen LogP contribution in [0.4, 0.5) is 0 Å². The normalized spacial score (nSPS) is 11.2. The summed E-state index contributed by atoms with van der Waals surface area (Å²) in [5, 5.41) is 4.31. The van der Waals surface area contributed by atoms with Crippen molar-refractivity contribution >= 4 is 27.7 Å². The first-order valence-electron chi connectivity index (χ1n) is 9.20. The maximum atomic E-state index is 12.2. The van der Waals surface area contributed by atoms with Gasteiger partial charge >= 0.3 is 0 Å². The minimum absolute atomic E-state index is 0.159. The monoisotopic (exact) mass is 419 g/mol. The molecule has 0 unspecified atom stereocenters. The van der Waals surface area contributed by atoms with Crippen LogP contribution >= 0.6 is 0 Å². The summed E-state index contributed by atoms with van der Waals surface area (Å²) in [6.07, 6.45) is 2.93. The number of hydrogen-bond donors (Lipinski definition) is 2. The van der Waals surface area contributed by atoms with Gasteiger partial charge in [-0.15, -0.1) is 0 Å². The number of rotatable bonds is 7. The molecule has 0 aliphatic heterocycles. The lowest BCUT2D eigenvalue weighted by atomic mass is 10.0. The standard InChI is InChI=1S/C23H21N3O3S/c1-24-30(28,29)21-15-12-18(13-16-21)14-17-22(27)25-26-23(19-8-4-2-5-9-19)20-10-6-3-7-11-20/h2-17,24H,1H3,(H,25,27)/b17-14+. The molecule has 152 valence electrons. The fourth-order valence-corrected chi connectivity index (χ4v) is 3.41. The van der Waals surface area contributed by atoms with Crippen LogP contribution < -0.4 is 10.1 Å². The Labute approximate surface area is 176 Å². The van der Waals surface area contributed by atoms with Gasteiger partial charge in [0.1, 0.15) is 0 Å². The van der Waals surface area contributed by atoms with Gasteiger partial charge < -0.3 is 0 Å². The minimum Gasteiger partial charge on any atom is -0.268 e. The molecule has 0 heterocycles. The first-order valence-corrected chi connectivity index (χ1v) is 10.7. The minimum atomic E-state index is -3.49. The summed E-state index contributed by atoms with van der Waals surface area (Å²) >= 11 is 0. The summed E-state index contributed by atoms with van der Waals surface area (Å²) in [6, 6.07) is 25.4. The van der Waals surface area contributed by atoms with Gasteiger partial charge in [-0.3, -0.25) is 4.79 Å². The van der Waals surface area contributed by atoms with Gasteiger partial charge in [-0.2, -0.15) is 5.10 Å². The van der Waals surface area contributed by atoms with E-state index in [9.17, 15) is 13.2 Å². The Morgan fingerprint density at radius 2 is 1.37 bits per heavy atom. The second kappa shape index (κ2) is 9.78. The summed E-state index contributed by atoms with van der Waals surface area (Å²) in [5.74, 6) is -0.397. The predicted molar refractivity (Wildman–Crippen MR) is 118 cm³/mol. The molecular weight excluding hydrogens is 398 g/mol. The number of sulfonamides is 1. The second-order valence-corrected chi connectivity index (χ2v) is 8.16. The van der Waals surface area contributed by atoms with Crippen molar-refractivity contribution in [1.82, 2.24) is 10.1 Å². The van der Waals surface area contributed by atoms with Crippen molar-refractivity contribution in [2.75, 3.05) is 7.05 Å². The van der Waals surface area contributed by atoms with Gasteiger partial charge in [-0.25, -0.2) is 18.6 Å². The Bertz CT molecular complexity index is 1110. The molecular formula is C23H21N3O3S. The molecule has 0 spiro atoms. The topological polar surface area (TPSA) is 87.6 Å². The van der Waals surface area contributed by atoms with E-state index in [0.29, 0.717) is 11.3 Å². The highest BCUT2D eigenvalue weighted by atomic mass is 32.2. The van der Waals surface area contributed by atoms with E-state index in [0.717, 1.165) is 11.1 Å². The molecule has 0 atom stereocenters. The maximum absolute atomic E-state index is 12.2. The Balaban J connectivity index is 1.74. The smallest absolute Gasteiger partial charge is 0.264 e. The van der Waals surface area contributed by atoms with Crippen molar-refractivity contribution in [2.24, 2.45) is 5.10 Å². The van der Waals surface area contributed by atoms with E-state index in [1.54, 1.807) is 18.2 Å². The first-order chi connectivity index (χ1) is 14.5. The van der Waals surface area contributed by atoms with E-state index >= 15 is 0 Å². The molecule has 0 saturated heterocycles. The van der Waals surface area contributed by atoms with Crippen molar-refractivity contribution in [3.63, 3.8) is 0 Å². The van der Waals surface area contributed by atoms with E-state index in [1.165, 1.54) is 25.3 Å². The molecule has 1 amide bonds. The summed E-state index contributed by atoms with van der Waals surface area (Å²) in [7, 11) is -2.13. The first kappa shape index (κ1) is 21.2. The molecule has 0 aliphatic carbocycles. The molecule has 30 heavy (non-hydrogen) atoms. The van der Waals surface area contributed by atoms with Gasteiger partial charge in [0.05, 0.1) is 10.6 Å². The molecule has 0 aromatic heterocycles. The average Bonchev–Trinajstić information content (AvgIpc) is 2.79. The van der Waals surface area contributed by atoms with E-state index in [1.807, 2.05) is 60.7 Å². The van der Waals surface area contributed by atoms with E-state index in [2.05, 4.69) is 15.2 Å². The third-order valence-electron chi connectivity index (χ3n) is 4.26. The molecule has 2 N–H and O–H groups in total. The van der Waals surface area contributed by atoms with Crippen molar-refractivity contribution in [3.05, 3.63) is 108 Å². The molecule has 0 radical (unpaired) electrons. The highest BCUT2D eigenvalue weighted by Gasteiger charge is 2.10. The average molecular weight is 420 g/mol. The largest absolute Gasteiger partial charge is 0.268 e. The number of nitrogens with zero attached hydrogens (tertiary/aromatic N) is 1. The van der Waals surface area contributed by atoms with Crippen LogP contribution in [-0.4, -0.2) is 27.1 Å². The van der Waals surface area contributed by atoms with E-state index < -0.39 is 15.9 Å². The number of hydrazone groups is 1. The molecule has 3 rings (SSSR count). The SMILES string of the molecule is CNS(=O)(=O)c1ccc(/C=C/C(=O)NN=C(c2ccccc2)c2ccccc2)cc1. The Morgan fingerprint density at radius 1 is 0.833 bits per heavy atom. The zero-order valence-electron chi connectivity index (χ0n) is 16.3. The van der Waals surface area contributed by atoms with Crippen LogP contribution in [0.1, 0.15) is 16.7 Å². The fraction of sp³-hybridized carbons (Fsp3) is 0.0435. The van der Waals surface area contributed by atoms with Crippen LogP contribution in [0, 0.1) is 0 Å². The highest BCUT2D eigenvalue weighted by Crippen LogP contribution is 2.12. The lowest BCUT2D eigenvalue weighted by Crippen LogP contribution is -2.18. The summed E-state index contributed by atoms with van der Waals surface area (Å²) < 4.78 is 25.8. The quantitative estimate of drug-likeness (QED) is 0.350. The Hall–Kier alpha value is -3.55. The van der Waals surface area contributed by atoms with Crippen molar-refractivity contribution in [2.45, 2.75) is 4.90 Å². The van der Waals surface area contributed by atoms with Crippen LogP contribution in [0.2, 0.25) is 0 Å². The van der Waals surface area contributed by atoms with Gasteiger partial charge in [0.2, 0.25) is 10.0 Å². The van der Waals surface area contributed by atoms with Crippen LogP contribution in [-0.2, 0) is 14.8 Å². The molecule has 6 nitrogen and oxygen atoms in total. The number of nitrogens with one attached hydrogen (secondary N) is 2. The number of benzene rings is 3. The zero-order valence-corrected chi connectivity index (χ0v) is 17.1. The molecule has 0 saturated carbocycles. The molecule has 0 fully saturated rings. The highest BCUT2D eigenvalue weighted by molar-refractivity contribution is 7.89. The van der Waals surface area contributed by atoms with Gasteiger partial charge in [-0.05, 0) is 30.8 Å². The maximum Gasteiger partial charge on any atom is 0.264 e. The number of carbonyl (C=O) groups is 1. The molecule has 0 aliphatic rings. The number of hydrogen-bond acceptors (Lipinski definition) is 4. The van der Waals surface area contributed by atoms with Crippen LogP contribution in [0.15, 0.2) is 101 Å². The summed E-state index contributed by atoms with van der Waals surface area (Å²) in [4.78, 5) is 12.4. The lowest BCUT2D eigenvalue weighted by Gasteiger charge is -2.07. The Morgan fingerprint density at radius 3 is 1.87 bits per heavy atom. The van der Waals surface area contributed by atoms with Crippen molar-refractivity contribution in [1.29, 1.82) is 0 Å².